The van der Waals surface area contributed by atoms with Crippen LogP contribution in [-0.2, 0) is 4.79 Å². The second kappa shape index (κ2) is 6.66. The molecule has 3 aromatic rings. The first kappa shape index (κ1) is 16.2. The first-order valence-electron chi connectivity index (χ1n) is 9.70. The maximum Gasteiger partial charge on any atom is 0.234 e. The van der Waals surface area contributed by atoms with Gasteiger partial charge in [0, 0.05) is 25.5 Å². The smallest absolute Gasteiger partial charge is 0.234 e. The van der Waals surface area contributed by atoms with Gasteiger partial charge in [-0.25, -0.2) is 0 Å². The van der Waals surface area contributed by atoms with Crippen molar-refractivity contribution in [2.24, 2.45) is 0 Å². The Balaban J connectivity index is 1.39. The molecule has 1 saturated heterocycles. The Morgan fingerprint density at radius 1 is 0.815 bits per heavy atom. The molecule has 0 spiro atoms. The van der Waals surface area contributed by atoms with Crippen molar-refractivity contribution in [3.05, 3.63) is 89.7 Å². The highest BCUT2D eigenvalue weighted by atomic mass is 16.2. The second-order valence-electron chi connectivity index (χ2n) is 7.49. The Labute approximate surface area is 159 Å². The average Bonchev–Trinajstić information content (AvgIpc) is 3.08. The van der Waals surface area contributed by atoms with Gasteiger partial charge in [0.15, 0.2) is 0 Å². The topological polar surface area (TPSA) is 33.2 Å². The fourth-order valence-corrected chi connectivity index (χ4v) is 4.67. The summed E-state index contributed by atoms with van der Waals surface area (Å²) in [6.07, 6.45) is 5.76. The van der Waals surface area contributed by atoms with E-state index in [0.29, 0.717) is 5.92 Å². The maximum absolute atomic E-state index is 13.5. The van der Waals surface area contributed by atoms with E-state index in [1.54, 1.807) is 0 Å². The van der Waals surface area contributed by atoms with Crippen molar-refractivity contribution in [1.29, 1.82) is 0 Å². The third-order valence-electron chi connectivity index (χ3n) is 6.06. The molecular weight excluding hydrogens is 332 g/mol. The lowest BCUT2D eigenvalue weighted by Crippen LogP contribution is -2.40. The first-order valence-corrected chi connectivity index (χ1v) is 9.70. The highest BCUT2D eigenvalue weighted by Crippen LogP contribution is 2.45. The van der Waals surface area contributed by atoms with E-state index in [9.17, 15) is 4.79 Å². The molecule has 0 radical (unpaired) electrons. The number of hydrogen-bond donors (Lipinski definition) is 0. The van der Waals surface area contributed by atoms with Gasteiger partial charge in [0.2, 0.25) is 5.91 Å². The summed E-state index contributed by atoms with van der Waals surface area (Å²) in [6.45, 7) is 1.65. The maximum atomic E-state index is 13.5. The molecule has 3 heteroatoms. The number of benzene rings is 2. The fraction of sp³-hybridized carbons (Fsp3) is 0.250. The predicted molar refractivity (Wildman–Crippen MR) is 107 cm³/mol. The quantitative estimate of drug-likeness (QED) is 0.674. The molecule has 2 aliphatic rings. The molecule has 3 nitrogen and oxygen atoms in total. The molecule has 0 N–H and O–H groups in total. The Hall–Kier alpha value is -2.94. The lowest BCUT2D eigenvalue weighted by Gasteiger charge is -2.34. The molecule has 134 valence electrons. The Bertz CT molecular complexity index is 929. The van der Waals surface area contributed by atoms with Crippen molar-refractivity contribution < 1.29 is 4.79 Å². The summed E-state index contributed by atoms with van der Waals surface area (Å²) in [5, 5.41) is 0. The highest BCUT2D eigenvalue weighted by Gasteiger charge is 2.37. The van der Waals surface area contributed by atoms with Crippen LogP contribution >= 0.6 is 0 Å². The van der Waals surface area contributed by atoms with Crippen LogP contribution in [0.5, 0.6) is 0 Å². The third kappa shape index (κ3) is 2.74. The number of fused-ring (bicyclic) bond motifs is 3. The number of hydrogen-bond acceptors (Lipinski definition) is 2. The molecule has 27 heavy (non-hydrogen) atoms. The predicted octanol–water partition coefficient (Wildman–Crippen LogP) is 4.60. The van der Waals surface area contributed by atoms with Crippen molar-refractivity contribution >= 4 is 5.91 Å². The third-order valence-corrected chi connectivity index (χ3v) is 6.06. The normalized spacial score (nSPS) is 16.8. The number of rotatable bonds is 2. The van der Waals surface area contributed by atoms with E-state index >= 15 is 0 Å². The Kier molecular flexibility index (Phi) is 4.01. The van der Waals surface area contributed by atoms with Gasteiger partial charge in [0.05, 0.1) is 5.92 Å². The lowest BCUT2D eigenvalue weighted by molar-refractivity contribution is -0.132. The number of aromatic nitrogens is 1. The van der Waals surface area contributed by atoms with Crippen molar-refractivity contribution in [1.82, 2.24) is 9.88 Å². The van der Waals surface area contributed by atoms with Crippen molar-refractivity contribution in [3.63, 3.8) is 0 Å². The summed E-state index contributed by atoms with van der Waals surface area (Å²) in [5.74, 6) is 0.621. The van der Waals surface area contributed by atoms with Crippen molar-refractivity contribution in [3.8, 4) is 11.1 Å². The molecule has 1 fully saturated rings. The van der Waals surface area contributed by atoms with Crippen LogP contribution in [0.2, 0.25) is 0 Å². The Morgan fingerprint density at radius 3 is 1.96 bits per heavy atom. The molecular formula is C24H22N2O. The molecule has 1 aromatic heterocycles. The van der Waals surface area contributed by atoms with E-state index in [-0.39, 0.29) is 11.8 Å². The van der Waals surface area contributed by atoms with Crippen LogP contribution in [0.4, 0.5) is 0 Å². The van der Waals surface area contributed by atoms with Crippen LogP contribution in [-0.4, -0.2) is 28.9 Å². The highest BCUT2D eigenvalue weighted by molar-refractivity contribution is 5.96. The molecule has 0 atom stereocenters. The fourth-order valence-electron chi connectivity index (χ4n) is 4.67. The number of piperidine rings is 1. The minimum Gasteiger partial charge on any atom is -0.342 e. The van der Waals surface area contributed by atoms with Crippen LogP contribution in [0, 0.1) is 0 Å². The molecule has 2 aromatic carbocycles. The van der Waals surface area contributed by atoms with Gasteiger partial charge in [-0.1, -0.05) is 48.5 Å². The zero-order valence-corrected chi connectivity index (χ0v) is 15.2. The first-order chi connectivity index (χ1) is 13.3. The standard InChI is InChI=1S/C24H22N2O/c27-24(26-15-11-18(12-16-26)17-9-13-25-14-10-17)23-21-7-3-1-5-19(21)20-6-2-4-8-22(20)23/h1-10,13-14,18,23H,11-12,15-16H2. The molecule has 1 aliphatic heterocycles. The summed E-state index contributed by atoms with van der Waals surface area (Å²) < 4.78 is 0. The van der Waals surface area contributed by atoms with E-state index in [2.05, 4.69) is 58.4 Å². The van der Waals surface area contributed by atoms with Gasteiger partial charge in [0.1, 0.15) is 0 Å². The van der Waals surface area contributed by atoms with Crippen molar-refractivity contribution in [2.75, 3.05) is 13.1 Å². The van der Waals surface area contributed by atoms with Crippen LogP contribution < -0.4 is 0 Å². The second-order valence-corrected chi connectivity index (χ2v) is 7.49. The van der Waals surface area contributed by atoms with E-state index < -0.39 is 0 Å². The van der Waals surface area contributed by atoms with E-state index in [4.69, 9.17) is 0 Å². The largest absolute Gasteiger partial charge is 0.342 e. The average molecular weight is 354 g/mol. The number of nitrogens with zero attached hydrogens (tertiary/aromatic N) is 2. The van der Waals surface area contributed by atoms with Crippen LogP contribution in [0.25, 0.3) is 11.1 Å². The van der Waals surface area contributed by atoms with Crippen LogP contribution in [0.15, 0.2) is 73.1 Å². The number of amides is 1. The van der Waals surface area contributed by atoms with E-state index in [0.717, 1.165) is 37.1 Å². The summed E-state index contributed by atoms with van der Waals surface area (Å²) in [6, 6.07) is 20.9. The number of carbonyl (C=O) groups excluding carboxylic acids is 1. The summed E-state index contributed by atoms with van der Waals surface area (Å²) in [4.78, 5) is 19.7. The molecule has 2 heterocycles. The van der Waals surface area contributed by atoms with Gasteiger partial charge in [-0.05, 0) is 58.7 Å². The minimum atomic E-state index is -0.158. The zero-order valence-electron chi connectivity index (χ0n) is 15.2. The summed E-state index contributed by atoms with van der Waals surface area (Å²) >= 11 is 0. The van der Waals surface area contributed by atoms with Gasteiger partial charge < -0.3 is 4.90 Å². The molecule has 1 amide bonds. The minimum absolute atomic E-state index is 0.158. The lowest BCUT2D eigenvalue weighted by atomic mass is 9.88. The SMILES string of the molecule is O=C(C1c2ccccc2-c2ccccc21)N1CCC(c2ccncc2)CC1. The molecule has 0 bridgehead atoms. The van der Waals surface area contributed by atoms with E-state index in [1.165, 1.54) is 16.7 Å². The number of carbonyl (C=O) groups is 1. The van der Waals surface area contributed by atoms with Gasteiger partial charge in [0.25, 0.3) is 0 Å². The van der Waals surface area contributed by atoms with Crippen molar-refractivity contribution in [2.45, 2.75) is 24.7 Å². The monoisotopic (exact) mass is 354 g/mol. The zero-order chi connectivity index (χ0) is 18.2. The van der Waals surface area contributed by atoms with E-state index in [1.807, 2.05) is 24.5 Å². The molecule has 5 rings (SSSR count). The van der Waals surface area contributed by atoms with Crippen LogP contribution in [0.3, 0.4) is 0 Å². The summed E-state index contributed by atoms with van der Waals surface area (Å²) in [7, 11) is 0. The van der Waals surface area contributed by atoms with Gasteiger partial charge in [-0.2, -0.15) is 0 Å². The van der Waals surface area contributed by atoms with Gasteiger partial charge in [-0.15, -0.1) is 0 Å². The number of likely N-dealkylation sites (tertiary alicyclic amines) is 1. The Morgan fingerprint density at radius 2 is 1.37 bits per heavy atom. The molecule has 1 aliphatic carbocycles. The summed E-state index contributed by atoms with van der Waals surface area (Å²) in [5.41, 5.74) is 6.06. The van der Waals surface area contributed by atoms with Crippen LogP contribution in [0.1, 0.15) is 41.4 Å². The molecule has 0 unspecified atom stereocenters. The van der Waals surface area contributed by atoms with Gasteiger partial charge in [-0.3, -0.25) is 9.78 Å². The van der Waals surface area contributed by atoms with Gasteiger partial charge >= 0.3 is 0 Å². The molecule has 0 saturated carbocycles. The number of pyridine rings is 1.